The first-order valence-corrected chi connectivity index (χ1v) is 7.95. The van der Waals surface area contributed by atoms with Crippen molar-refractivity contribution in [3.05, 3.63) is 35.4 Å². The molecule has 1 aliphatic carbocycles. The van der Waals surface area contributed by atoms with Gasteiger partial charge in [-0.25, -0.2) is 0 Å². The van der Waals surface area contributed by atoms with Gasteiger partial charge in [0.25, 0.3) is 0 Å². The van der Waals surface area contributed by atoms with E-state index in [1.165, 1.54) is 0 Å². The van der Waals surface area contributed by atoms with Crippen LogP contribution in [0.2, 0.25) is 0 Å². The fourth-order valence-corrected chi connectivity index (χ4v) is 3.05. The minimum absolute atomic E-state index is 0.0340. The molecular weight excluding hydrogens is 296 g/mol. The van der Waals surface area contributed by atoms with Gasteiger partial charge in [0.05, 0.1) is 19.8 Å². The summed E-state index contributed by atoms with van der Waals surface area (Å²) in [5.74, 6) is 5.03. The van der Waals surface area contributed by atoms with E-state index >= 15 is 0 Å². The van der Waals surface area contributed by atoms with E-state index < -0.39 is 17.5 Å². The number of hydrogen-bond acceptors (Lipinski definition) is 5. The van der Waals surface area contributed by atoms with Crippen LogP contribution in [0.25, 0.3) is 0 Å². The Morgan fingerprint density at radius 2 is 1.65 bits per heavy atom. The molecule has 1 aromatic rings. The molecule has 1 unspecified atom stereocenters. The molecule has 3 N–H and O–H groups in total. The number of rotatable bonds is 2. The summed E-state index contributed by atoms with van der Waals surface area (Å²) < 4.78 is 11.3. The fourth-order valence-electron chi connectivity index (χ4n) is 3.05. The van der Waals surface area contributed by atoms with Gasteiger partial charge in [-0.3, -0.25) is 0 Å². The average molecular weight is 318 g/mol. The highest BCUT2D eigenvalue weighted by atomic mass is 16.7. The number of aliphatic hydroxyl groups excluding tert-OH is 2. The maximum absolute atomic E-state index is 10.6. The molecule has 3 rings (SSSR count). The van der Waals surface area contributed by atoms with E-state index in [-0.39, 0.29) is 6.61 Å². The van der Waals surface area contributed by atoms with Crippen LogP contribution in [0.15, 0.2) is 24.3 Å². The second-order valence-corrected chi connectivity index (χ2v) is 6.21. The van der Waals surface area contributed by atoms with Crippen molar-refractivity contribution in [2.45, 2.75) is 49.8 Å². The summed E-state index contributed by atoms with van der Waals surface area (Å²) in [5, 5.41) is 29.7. The van der Waals surface area contributed by atoms with Crippen molar-refractivity contribution in [1.29, 1.82) is 0 Å². The van der Waals surface area contributed by atoms with Crippen molar-refractivity contribution in [3.63, 3.8) is 0 Å². The van der Waals surface area contributed by atoms with Gasteiger partial charge in [-0.1, -0.05) is 36.1 Å². The van der Waals surface area contributed by atoms with Crippen LogP contribution in [0.1, 0.15) is 42.9 Å². The molecule has 5 nitrogen and oxygen atoms in total. The lowest BCUT2D eigenvalue weighted by atomic mass is 9.81. The van der Waals surface area contributed by atoms with Gasteiger partial charge in [0.1, 0.15) is 11.7 Å². The third-order valence-corrected chi connectivity index (χ3v) is 4.57. The largest absolute Gasteiger partial charge is 0.392 e. The van der Waals surface area contributed by atoms with Gasteiger partial charge in [-0.2, -0.15) is 0 Å². The highest BCUT2D eigenvalue weighted by Gasteiger charge is 2.44. The Morgan fingerprint density at radius 3 is 2.22 bits per heavy atom. The van der Waals surface area contributed by atoms with Crippen molar-refractivity contribution < 1.29 is 24.8 Å². The first kappa shape index (κ1) is 16.4. The minimum Gasteiger partial charge on any atom is -0.392 e. The van der Waals surface area contributed by atoms with E-state index in [4.69, 9.17) is 14.6 Å². The van der Waals surface area contributed by atoms with E-state index in [9.17, 15) is 10.2 Å². The minimum atomic E-state index is -1.10. The van der Waals surface area contributed by atoms with Gasteiger partial charge in [0.15, 0.2) is 5.79 Å². The predicted octanol–water partition coefficient (Wildman–Crippen LogP) is 1.26. The number of ether oxygens (including phenoxy) is 2. The molecule has 1 heterocycles. The van der Waals surface area contributed by atoms with Crippen LogP contribution in [0.5, 0.6) is 0 Å². The lowest BCUT2D eigenvalue weighted by Gasteiger charge is -2.37. The first-order valence-electron chi connectivity index (χ1n) is 7.95. The van der Waals surface area contributed by atoms with Gasteiger partial charge in [-0.15, -0.1) is 0 Å². The number of benzene rings is 1. The molecule has 2 fully saturated rings. The van der Waals surface area contributed by atoms with E-state index in [0.717, 1.165) is 5.56 Å². The zero-order valence-electron chi connectivity index (χ0n) is 13.0. The van der Waals surface area contributed by atoms with Gasteiger partial charge < -0.3 is 24.8 Å². The molecule has 1 aromatic carbocycles. The molecule has 0 radical (unpaired) electrons. The average Bonchev–Trinajstić information content (AvgIpc) is 3.05. The molecule has 1 atom stereocenters. The summed E-state index contributed by atoms with van der Waals surface area (Å²) in [4.78, 5) is 0. The summed E-state index contributed by atoms with van der Waals surface area (Å²) in [6.45, 7) is 1.17. The summed E-state index contributed by atoms with van der Waals surface area (Å²) in [5.41, 5.74) is 0.321. The molecule has 1 spiro atoms. The molecule has 1 aliphatic heterocycles. The highest BCUT2D eigenvalue weighted by Crippen LogP contribution is 2.40. The normalized spacial score (nSPS) is 23.3. The lowest BCUT2D eigenvalue weighted by Crippen LogP contribution is -2.42. The Kier molecular flexibility index (Phi) is 4.72. The Morgan fingerprint density at radius 1 is 1.04 bits per heavy atom. The number of hydrogen-bond donors (Lipinski definition) is 3. The van der Waals surface area contributed by atoms with Crippen molar-refractivity contribution in [3.8, 4) is 11.8 Å². The maximum Gasteiger partial charge on any atom is 0.168 e. The quantitative estimate of drug-likeness (QED) is 0.716. The Labute approximate surface area is 135 Å². The molecule has 0 aromatic heterocycles. The van der Waals surface area contributed by atoms with Crippen molar-refractivity contribution in [1.82, 2.24) is 0 Å². The lowest BCUT2D eigenvalue weighted by molar-refractivity contribution is -0.195. The second-order valence-electron chi connectivity index (χ2n) is 6.21. The van der Waals surface area contributed by atoms with Gasteiger partial charge in [0, 0.05) is 12.8 Å². The summed E-state index contributed by atoms with van der Waals surface area (Å²) in [6, 6.07) is 6.94. The standard InChI is InChI=1S/C18H22O5/c19-13-14-1-3-15(4-2-14)16(20)5-6-17(21)7-9-18(10-8-17)22-11-12-23-18/h1-4,16,19-21H,7-13H2. The van der Waals surface area contributed by atoms with E-state index in [1.807, 2.05) is 0 Å². The third-order valence-electron chi connectivity index (χ3n) is 4.57. The molecular formula is C18H22O5. The first-order chi connectivity index (χ1) is 11.0. The van der Waals surface area contributed by atoms with Crippen LogP contribution in [-0.2, 0) is 16.1 Å². The van der Waals surface area contributed by atoms with Crippen LogP contribution in [-0.4, -0.2) is 39.9 Å². The van der Waals surface area contributed by atoms with Crippen molar-refractivity contribution >= 4 is 0 Å². The van der Waals surface area contributed by atoms with Crippen LogP contribution < -0.4 is 0 Å². The van der Waals surface area contributed by atoms with Crippen molar-refractivity contribution in [2.75, 3.05) is 13.2 Å². The summed E-state index contributed by atoms with van der Waals surface area (Å²) in [6.07, 6.45) is 1.20. The molecule has 0 bridgehead atoms. The van der Waals surface area contributed by atoms with E-state index in [2.05, 4.69) is 11.8 Å². The van der Waals surface area contributed by atoms with Gasteiger partial charge in [0.2, 0.25) is 0 Å². The molecule has 1 saturated heterocycles. The predicted molar refractivity (Wildman–Crippen MR) is 83.2 cm³/mol. The third kappa shape index (κ3) is 3.74. The number of aliphatic hydroxyl groups is 3. The topological polar surface area (TPSA) is 79.2 Å². The van der Waals surface area contributed by atoms with Gasteiger partial charge in [-0.05, 0) is 24.0 Å². The van der Waals surface area contributed by atoms with Gasteiger partial charge >= 0.3 is 0 Å². The maximum atomic E-state index is 10.6. The van der Waals surface area contributed by atoms with Crippen LogP contribution in [0, 0.1) is 11.8 Å². The Hall–Kier alpha value is -1.42. The summed E-state index contributed by atoms with van der Waals surface area (Å²) in [7, 11) is 0. The van der Waals surface area contributed by atoms with Crippen molar-refractivity contribution in [2.24, 2.45) is 0 Å². The van der Waals surface area contributed by atoms with Crippen LogP contribution >= 0.6 is 0 Å². The zero-order valence-corrected chi connectivity index (χ0v) is 13.0. The smallest absolute Gasteiger partial charge is 0.168 e. The molecule has 0 amide bonds. The monoisotopic (exact) mass is 318 g/mol. The van der Waals surface area contributed by atoms with E-state index in [0.29, 0.717) is 44.5 Å². The SMILES string of the molecule is OCc1ccc(C(O)C#CC2(O)CCC3(CC2)OCCO3)cc1. The Bertz CT molecular complexity index is 582. The summed E-state index contributed by atoms with van der Waals surface area (Å²) >= 11 is 0. The second kappa shape index (κ2) is 6.60. The Balaban J connectivity index is 1.63. The molecule has 1 saturated carbocycles. The van der Waals surface area contributed by atoms with Crippen LogP contribution in [0.3, 0.4) is 0 Å². The highest BCUT2D eigenvalue weighted by molar-refractivity contribution is 5.30. The fraction of sp³-hybridized carbons (Fsp3) is 0.556. The molecule has 5 heteroatoms. The molecule has 2 aliphatic rings. The molecule has 23 heavy (non-hydrogen) atoms. The van der Waals surface area contributed by atoms with Crippen LogP contribution in [0.4, 0.5) is 0 Å². The zero-order chi connectivity index (χ0) is 16.3. The van der Waals surface area contributed by atoms with E-state index in [1.54, 1.807) is 24.3 Å². The molecule has 124 valence electrons.